The van der Waals surface area contributed by atoms with Gasteiger partial charge in [-0.15, -0.1) is 0 Å². The summed E-state index contributed by atoms with van der Waals surface area (Å²) in [6.07, 6.45) is 6.14. The quantitative estimate of drug-likeness (QED) is 0.774. The fourth-order valence-corrected chi connectivity index (χ4v) is 3.05. The topological polar surface area (TPSA) is 24.5 Å². The van der Waals surface area contributed by atoms with Crippen LogP contribution in [0.15, 0.2) is 11.6 Å². The first-order valence-electron chi connectivity index (χ1n) is 7.84. The Bertz CT molecular complexity index is 285. The second-order valence-electron chi connectivity index (χ2n) is 6.44. The van der Waals surface area contributed by atoms with Gasteiger partial charge >= 0.3 is 0 Å². The van der Waals surface area contributed by atoms with Crippen molar-refractivity contribution in [2.24, 2.45) is 5.92 Å². The number of allylic oxidation sites excluding steroid dienone is 1. The summed E-state index contributed by atoms with van der Waals surface area (Å²) in [4.78, 5) is 2.56. The summed E-state index contributed by atoms with van der Waals surface area (Å²) >= 11 is 0. The van der Waals surface area contributed by atoms with Crippen molar-refractivity contribution in [3.05, 3.63) is 11.6 Å². The maximum Gasteiger partial charge on any atom is 0.0509 e. The molecule has 0 aromatic rings. The number of hydrogen-bond acceptors (Lipinski definition) is 3. The maximum atomic E-state index is 5.48. The van der Waals surface area contributed by atoms with Crippen LogP contribution in [-0.2, 0) is 4.74 Å². The lowest BCUT2D eigenvalue weighted by atomic mass is 9.97. The van der Waals surface area contributed by atoms with Crippen molar-refractivity contribution in [2.75, 3.05) is 32.8 Å². The molecule has 1 N–H and O–H groups in total. The summed E-state index contributed by atoms with van der Waals surface area (Å²) in [7, 11) is 0. The Morgan fingerprint density at radius 2 is 2.05 bits per heavy atom. The first-order valence-corrected chi connectivity index (χ1v) is 7.84. The van der Waals surface area contributed by atoms with Crippen LogP contribution in [0, 0.1) is 5.92 Å². The molecule has 3 nitrogen and oxygen atoms in total. The third-order valence-electron chi connectivity index (χ3n) is 4.52. The third kappa shape index (κ3) is 4.90. The minimum atomic E-state index is 0.608. The lowest BCUT2D eigenvalue weighted by molar-refractivity contribution is 0.167. The van der Waals surface area contributed by atoms with Crippen molar-refractivity contribution >= 4 is 0 Å². The molecule has 2 fully saturated rings. The van der Waals surface area contributed by atoms with Crippen molar-refractivity contribution in [1.82, 2.24) is 10.2 Å². The largest absolute Gasteiger partial charge is 0.381 e. The van der Waals surface area contributed by atoms with E-state index in [1.807, 2.05) is 0 Å². The molecule has 0 amide bonds. The van der Waals surface area contributed by atoms with Gasteiger partial charge in [0.25, 0.3) is 0 Å². The van der Waals surface area contributed by atoms with E-state index in [2.05, 4.69) is 37.1 Å². The number of rotatable bonds is 5. The molecule has 0 aliphatic carbocycles. The van der Waals surface area contributed by atoms with Gasteiger partial charge in [-0.2, -0.15) is 0 Å². The number of hydrogen-bond donors (Lipinski definition) is 1. The predicted octanol–water partition coefficient (Wildman–Crippen LogP) is 2.43. The van der Waals surface area contributed by atoms with E-state index in [0.717, 1.165) is 25.7 Å². The molecule has 19 heavy (non-hydrogen) atoms. The molecule has 110 valence electrons. The van der Waals surface area contributed by atoms with Gasteiger partial charge in [0.05, 0.1) is 6.61 Å². The maximum absolute atomic E-state index is 5.48. The van der Waals surface area contributed by atoms with Gasteiger partial charge in [-0.25, -0.2) is 0 Å². The smallest absolute Gasteiger partial charge is 0.0509 e. The van der Waals surface area contributed by atoms with Gasteiger partial charge in [0.15, 0.2) is 0 Å². The minimum absolute atomic E-state index is 0.608. The molecule has 2 saturated heterocycles. The Balaban J connectivity index is 1.66. The Hall–Kier alpha value is -0.380. The van der Waals surface area contributed by atoms with E-state index >= 15 is 0 Å². The summed E-state index contributed by atoms with van der Waals surface area (Å²) < 4.78 is 5.48. The number of piperidine rings is 1. The standard InChI is InChI=1S/C16H30N2O/c1-13(2)4-8-18-9-5-16(6-10-18)17-14(3)15-7-11-19-12-15/h4,14-17H,5-12H2,1-3H3. The highest BCUT2D eigenvalue weighted by molar-refractivity contribution is 4.96. The molecule has 2 atom stereocenters. The highest BCUT2D eigenvalue weighted by atomic mass is 16.5. The molecule has 0 aromatic heterocycles. The fraction of sp³-hybridized carbons (Fsp3) is 0.875. The van der Waals surface area contributed by atoms with E-state index in [0.29, 0.717) is 12.1 Å². The van der Waals surface area contributed by atoms with Gasteiger partial charge in [-0.3, -0.25) is 4.90 Å². The van der Waals surface area contributed by atoms with Crippen LogP contribution >= 0.6 is 0 Å². The molecule has 0 radical (unpaired) electrons. The summed E-state index contributed by atoms with van der Waals surface area (Å²) in [6, 6.07) is 1.32. The molecule has 2 aliphatic rings. The van der Waals surface area contributed by atoms with Crippen LogP contribution in [-0.4, -0.2) is 49.8 Å². The molecular weight excluding hydrogens is 236 g/mol. The number of likely N-dealkylation sites (tertiary alicyclic amines) is 1. The molecule has 0 bridgehead atoms. The Kier molecular flexibility index (Phi) is 5.86. The van der Waals surface area contributed by atoms with Crippen LogP contribution in [0.25, 0.3) is 0 Å². The average Bonchev–Trinajstić information content (AvgIpc) is 2.92. The van der Waals surface area contributed by atoms with Gasteiger partial charge < -0.3 is 10.1 Å². The van der Waals surface area contributed by atoms with Crippen LogP contribution in [0.3, 0.4) is 0 Å². The number of ether oxygens (including phenoxy) is 1. The molecule has 0 aromatic carbocycles. The van der Waals surface area contributed by atoms with Crippen molar-refractivity contribution in [1.29, 1.82) is 0 Å². The van der Waals surface area contributed by atoms with Crippen LogP contribution in [0.4, 0.5) is 0 Å². The molecule has 2 rings (SSSR count). The fourth-order valence-electron chi connectivity index (χ4n) is 3.05. The van der Waals surface area contributed by atoms with Gasteiger partial charge in [-0.05, 0) is 59.0 Å². The lowest BCUT2D eigenvalue weighted by Gasteiger charge is -2.34. The van der Waals surface area contributed by atoms with Gasteiger partial charge in [0.1, 0.15) is 0 Å². The van der Waals surface area contributed by atoms with Gasteiger partial charge in [0.2, 0.25) is 0 Å². The summed E-state index contributed by atoms with van der Waals surface area (Å²) in [5.74, 6) is 0.726. The van der Waals surface area contributed by atoms with Crippen LogP contribution in [0.1, 0.15) is 40.0 Å². The molecule has 2 unspecified atom stereocenters. The van der Waals surface area contributed by atoms with Crippen LogP contribution in [0.5, 0.6) is 0 Å². The third-order valence-corrected chi connectivity index (χ3v) is 4.52. The number of nitrogens with one attached hydrogen (secondary N) is 1. The number of nitrogens with zero attached hydrogens (tertiary/aromatic N) is 1. The summed E-state index contributed by atoms with van der Waals surface area (Å²) in [5.41, 5.74) is 1.43. The van der Waals surface area contributed by atoms with Crippen LogP contribution < -0.4 is 5.32 Å². The first-order chi connectivity index (χ1) is 9.15. The monoisotopic (exact) mass is 266 g/mol. The zero-order valence-electron chi connectivity index (χ0n) is 12.8. The van der Waals surface area contributed by atoms with Crippen molar-refractivity contribution in [3.8, 4) is 0 Å². The van der Waals surface area contributed by atoms with E-state index in [-0.39, 0.29) is 0 Å². The highest BCUT2D eigenvalue weighted by Gasteiger charge is 2.26. The lowest BCUT2D eigenvalue weighted by Crippen LogP contribution is -2.47. The van der Waals surface area contributed by atoms with E-state index in [1.54, 1.807) is 0 Å². The molecule has 0 saturated carbocycles. The predicted molar refractivity (Wildman–Crippen MR) is 80.4 cm³/mol. The second kappa shape index (κ2) is 7.41. The Morgan fingerprint density at radius 1 is 1.32 bits per heavy atom. The molecular formula is C16H30N2O. The second-order valence-corrected chi connectivity index (χ2v) is 6.44. The summed E-state index contributed by atoms with van der Waals surface area (Å²) in [5, 5.41) is 3.82. The van der Waals surface area contributed by atoms with Gasteiger partial charge in [0, 0.05) is 25.2 Å². The normalized spacial score (nSPS) is 27.4. The molecule has 3 heteroatoms. The van der Waals surface area contributed by atoms with E-state index < -0.39 is 0 Å². The van der Waals surface area contributed by atoms with Crippen molar-refractivity contribution < 1.29 is 4.74 Å². The molecule has 2 aliphatic heterocycles. The average molecular weight is 266 g/mol. The van der Waals surface area contributed by atoms with Crippen molar-refractivity contribution in [3.63, 3.8) is 0 Å². The first kappa shape index (κ1) is 15.0. The van der Waals surface area contributed by atoms with E-state index in [4.69, 9.17) is 4.74 Å². The highest BCUT2D eigenvalue weighted by Crippen LogP contribution is 2.19. The molecule has 2 heterocycles. The minimum Gasteiger partial charge on any atom is -0.381 e. The Labute approximate surface area is 118 Å². The van der Waals surface area contributed by atoms with E-state index in [1.165, 1.54) is 37.9 Å². The summed E-state index contributed by atoms with van der Waals surface area (Å²) in [6.45, 7) is 12.2. The van der Waals surface area contributed by atoms with Crippen LogP contribution in [0.2, 0.25) is 0 Å². The zero-order chi connectivity index (χ0) is 13.7. The zero-order valence-corrected chi connectivity index (χ0v) is 12.8. The van der Waals surface area contributed by atoms with Crippen molar-refractivity contribution in [2.45, 2.75) is 52.1 Å². The van der Waals surface area contributed by atoms with E-state index in [9.17, 15) is 0 Å². The Morgan fingerprint density at radius 3 is 2.63 bits per heavy atom. The molecule has 0 spiro atoms. The van der Waals surface area contributed by atoms with Gasteiger partial charge in [-0.1, -0.05) is 11.6 Å². The SMILES string of the molecule is CC(C)=CCN1CCC(NC(C)C2CCOC2)CC1.